The zero-order valence-corrected chi connectivity index (χ0v) is 16.0. The molecule has 0 N–H and O–H groups in total. The second kappa shape index (κ2) is 7.67. The fraction of sp³-hybridized carbons (Fsp3) is 0.375. The Kier molecular flexibility index (Phi) is 5.55. The molecule has 2 aromatic rings. The lowest BCUT2D eigenvalue weighted by atomic mass is 10.1. The van der Waals surface area contributed by atoms with Crippen LogP contribution in [0.5, 0.6) is 11.8 Å². The smallest absolute Gasteiger partial charge is 0.278 e. The van der Waals surface area contributed by atoms with E-state index in [4.69, 9.17) is 9.47 Å². The Balaban J connectivity index is 1.75. The van der Waals surface area contributed by atoms with Gasteiger partial charge in [0.1, 0.15) is 6.10 Å². The third-order valence-corrected chi connectivity index (χ3v) is 6.31. The van der Waals surface area contributed by atoms with Gasteiger partial charge in [-0.15, -0.1) is 0 Å². The van der Waals surface area contributed by atoms with E-state index in [0.717, 1.165) is 10.9 Å². The van der Waals surface area contributed by atoms with Crippen molar-refractivity contribution in [2.45, 2.75) is 23.8 Å². The SMILES string of the molecule is COc1nccnc1OC1CCCN(S(=O)(=O)c2ccc(Br)cc2)C1. The van der Waals surface area contributed by atoms with Crippen molar-refractivity contribution < 1.29 is 17.9 Å². The van der Waals surface area contributed by atoms with Crippen LogP contribution in [-0.4, -0.2) is 49.0 Å². The molecular formula is C16H18BrN3O4S. The fourth-order valence-electron chi connectivity index (χ4n) is 2.67. The van der Waals surface area contributed by atoms with Crippen molar-refractivity contribution in [2.75, 3.05) is 20.2 Å². The third kappa shape index (κ3) is 4.10. The molecule has 0 spiro atoms. The summed E-state index contributed by atoms with van der Waals surface area (Å²) in [7, 11) is -2.07. The Bertz CT molecular complexity index is 830. The molecule has 0 aliphatic carbocycles. The molecule has 0 amide bonds. The number of benzene rings is 1. The van der Waals surface area contributed by atoms with Crippen LogP contribution in [0.25, 0.3) is 0 Å². The minimum atomic E-state index is -3.55. The van der Waals surface area contributed by atoms with Crippen LogP contribution in [0.1, 0.15) is 12.8 Å². The van der Waals surface area contributed by atoms with Crippen LogP contribution in [0.15, 0.2) is 46.0 Å². The van der Waals surface area contributed by atoms with E-state index >= 15 is 0 Å². The first-order valence-electron chi connectivity index (χ1n) is 7.78. The van der Waals surface area contributed by atoms with Crippen LogP contribution in [0.3, 0.4) is 0 Å². The first-order chi connectivity index (χ1) is 12.0. The molecule has 1 fully saturated rings. The summed E-state index contributed by atoms with van der Waals surface area (Å²) in [4.78, 5) is 8.43. The summed E-state index contributed by atoms with van der Waals surface area (Å²) in [5.41, 5.74) is 0. The number of halogens is 1. The predicted molar refractivity (Wildman–Crippen MR) is 95.1 cm³/mol. The van der Waals surface area contributed by atoms with E-state index in [1.54, 1.807) is 24.3 Å². The summed E-state index contributed by atoms with van der Waals surface area (Å²) in [5, 5.41) is 0. The van der Waals surface area contributed by atoms with Crippen molar-refractivity contribution in [1.82, 2.24) is 14.3 Å². The third-order valence-electron chi connectivity index (χ3n) is 3.90. The number of ether oxygens (including phenoxy) is 2. The highest BCUT2D eigenvalue weighted by molar-refractivity contribution is 9.10. The van der Waals surface area contributed by atoms with E-state index in [9.17, 15) is 8.42 Å². The molecule has 25 heavy (non-hydrogen) atoms. The molecule has 134 valence electrons. The van der Waals surface area contributed by atoms with Gasteiger partial charge in [-0.1, -0.05) is 15.9 Å². The molecule has 0 bridgehead atoms. The minimum absolute atomic E-state index is 0.262. The summed E-state index contributed by atoms with van der Waals surface area (Å²) >= 11 is 3.32. The minimum Gasteiger partial charge on any atom is -0.477 e. The number of nitrogens with zero attached hydrogens (tertiary/aromatic N) is 3. The average molecular weight is 428 g/mol. The highest BCUT2D eigenvalue weighted by Crippen LogP contribution is 2.26. The number of piperidine rings is 1. The van der Waals surface area contributed by atoms with Crippen molar-refractivity contribution in [3.8, 4) is 11.8 Å². The summed E-state index contributed by atoms with van der Waals surface area (Å²) < 4.78 is 38.9. The normalized spacial score (nSPS) is 18.7. The quantitative estimate of drug-likeness (QED) is 0.728. The zero-order chi connectivity index (χ0) is 17.9. The van der Waals surface area contributed by atoms with Crippen LogP contribution >= 0.6 is 15.9 Å². The molecule has 1 saturated heterocycles. The molecule has 9 heteroatoms. The second-order valence-corrected chi connectivity index (χ2v) is 8.42. The molecule has 1 aromatic heterocycles. The predicted octanol–water partition coefficient (Wildman–Crippen LogP) is 2.48. The van der Waals surface area contributed by atoms with E-state index in [1.807, 2.05) is 0 Å². The topological polar surface area (TPSA) is 81.6 Å². The lowest BCUT2D eigenvalue weighted by Crippen LogP contribution is -2.44. The molecule has 1 aromatic carbocycles. The Morgan fingerprint density at radius 1 is 1.16 bits per heavy atom. The highest BCUT2D eigenvalue weighted by Gasteiger charge is 2.31. The van der Waals surface area contributed by atoms with Gasteiger partial charge >= 0.3 is 0 Å². The molecule has 3 rings (SSSR count). The number of hydrogen-bond acceptors (Lipinski definition) is 6. The van der Waals surface area contributed by atoms with Gasteiger partial charge in [0, 0.05) is 23.4 Å². The van der Waals surface area contributed by atoms with Crippen LogP contribution in [0, 0.1) is 0 Å². The summed E-state index contributed by atoms with van der Waals surface area (Å²) in [5.74, 6) is 0.563. The van der Waals surface area contributed by atoms with Crippen molar-refractivity contribution in [3.63, 3.8) is 0 Å². The largest absolute Gasteiger partial charge is 0.477 e. The van der Waals surface area contributed by atoms with E-state index in [1.165, 1.54) is 23.8 Å². The zero-order valence-electron chi connectivity index (χ0n) is 13.6. The summed E-state index contributed by atoms with van der Waals surface area (Å²) in [6.07, 6.45) is 4.17. The second-order valence-electron chi connectivity index (χ2n) is 5.57. The van der Waals surface area contributed by atoms with Crippen molar-refractivity contribution >= 4 is 26.0 Å². The molecule has 2 heterocycles. The van der Waals surface area contributed by atoms with Gasteiger partial charge in [0.25, 0.3) is 11.8 Å². The van der Waals surface area contributed by atoms with Gasteiger partial charge < -0.3 is 9.47 Å². The molecule has 7 nitrogen and oxygen atoms in total. The number of sulfonamides is 1. The van der Waals surface area contributed by atoms with Crippen molar-refractivity contribution in [3.05, 3.63) is 41.1 Å². The van der Waals surface area contributed by atoms with Gasteiger partial charge in [-0.3, -0.25) is 0 Å². The monoisotopic (exact) mass is 427 g/mol. The molecule has 0 radical (unpaired) electrons. The Morgan fingerprint density at radius 2 is 1.84 bits per heavy atom. The summed E-state index contributed by atoms with van der Waals surface area (Å²) in [6, 6.07) is 6.62. The van der Waals surface area contributed by atoms with Crippen molar-refractivity contribution in [2.24, 2.45) is 0 Å². The van der Waals surface area contributed by atoms with E-state index < -0.39 is 10.0 Å². The molecule has 1 unspecified atom stereocenters. The lowest BCUT2D eigenvalue weighted by Gasteiger charge is -2.31. The van der Waals surface area contributed by atoms with Gasteiger partial charge in [0.05, 0.1) is 18.6 Å². The van der Waals surface area contributed by atoms with E-state index in [2.05, 4.69) is 25.9 Å². The van der Waals surface area contributed by atoms with Crippen LogP contribution in [-0.2, 0) is 10.0 Å². The first kappa shape index (κ1) is 18.1. The molecular weight excluding hydrogens is 410 g/mol. The molecule has 1 aliphatic rings. The van der Waals surface area contributed by atoms with Crippen LogP contribution < -0.4 is 9.47 Å². The number of hydrogen-bond donors (Lipinski definition) is 0. The first-order valence-corrected chi connectivity index (χ1v) is 10.0. The Hall–Kier alpha value is -1.71. The maximum atomic E-state index is 12.8. The molecule has 0 saturated carbocycles. The summed E-state index contributed by atoms with van der Waals surface area (Å²) in [6.45, 7) is 0.730. The van der Waals surface area contributed by atoms with Crippen molar-refractivity contribution in [1.29, 1.82) is 0 Å². The standard InChI is InChI=1S/C16H18BrN3O4S/c1-23-15-16(19-9-8-18-15)24-13-3-2-10-20(11-13)25(21,22)14-6-4-12(17)5-7-14/h4-9,13H,2-3,10-11H2,1H3. The van der Waals surface area contributed by atoms with E-state index in [0.29, 0.717) is 13.0 Å². The van der Waals surface area contributed by atoms with E-state index in [-0.39, 0.29) is 29.3 Å². The average Bonchev–Trinajstić information content (AvgIpc) is 2.63. The number of aromatic nitrogens is 2. The Labute approximate surface area is 155 Å². The molecule has 1 aliphatic heterocycles. The fourth-order valence-corrected chi connectivity index (χ4v) is 4.44. The van der Waals surface area contributed by atoms with Gasteiger partial charge in [-0.2, -0.15) is 4.31 Å². The van der Waals surface area contributed by atoms with Gasteiger partial charge in [-0.25, -0.2) is 18.4 Å². The molecule has 1 atom stereocenters. The van der Waals surface area contributed by atoms with Gasteiger partial charge in [0.15, 0.2) is 0 Å². The number of rotatable bonds is 5. The van der Waals surface area contributed by atoms with Gasteiger partial charge in [0.2, 0.25) is 10.0 Å². The lowest BCUT2D eigenvalue weighted by molar-refractivity contribution is 0.119. The van der Waals surface area contributed by atoms with Crippen LogP contribution in [0.2, 0.25) is 0 Å². The van der Waals surface area contributed by atoms with Gasteiger partial charge in [-0.05, 0) is 37.1 Å². The maximum absolute atomic E-state index is 12.8. The highest BCUT2D eigenvalue weighted by atomic mass is 79.9. The van der Waals surface area contributed by atoms with Crippen LogP contribution in [0.4, 0.5) is 0 Å². The maximum Gasteiger partial charge on any atom is 0.278 e. The number of methoxy groups -OCH3 is 1. The Morgan fingerprint density at radius 3 is 2.52 bits per heavy atom.